The minimum Gasteiger partial charge on any atom is -0.395 e. The van der Waals surface area contributed by atoms with Crippen molar-refractivity contribution in [3.63, 3.8) is 0 Å². The van der Waals surface area contributed by atoms with Crippen LogP contribution in [0, 0.1) is 0 Å². The van der Waals surface area contributed by atoms with E-state index in [0.717, 1.165) is 4.90 Å². The summed E-state index contributed by atoms with van der Waals surface area (Å²) in [7, 11) is 1.76. The predicted octanol–water partition coefficient (Wildman–Crippen LogP) is 0.0720. The molecular weight excluding hydrogens is 206 g/mol. The summed E-state index contributed by atoms with van der Waals surface area (Å²) in [4.78, 5) is 12.4. The van der Waals surface area contributed by atoms with Crippen molar-refractivity contribution in [1.29, 1.82) is 0 Å². The van der Waals surface area contributed by atoms with Gasteiger partial charge < -0.3 is 15.3 Å². The molecule has 0 bridgehead atoms. The first-order valence-corrected chi connectivity index (χ1v) is 4.93. The molecule has 90 valence electrons. The van der Waals surface area contributed by atoms with Crippen LogP contribution in [-0.2, 0) is 4.79 Å². The number of alkyl halides is 2. The Morgan fingerprint density at radius 3 is 2.67 bits per heavy atom. The van der Waals surface area contributed by atoms with E-state index in [-0.39, 0.29) is 25.5 Å². The molecule has 0 aliphatic carbocycles. The van der Waals surface area contributed by atoms with E-state index in [1.807, 2.05) is 0 Å². The molecule has 0 saturated carbocycles. The van der Waals surface area contributed by atoms with Gasteiger partial charge in [-0.1, -0.05) is 0 Å². The van der Waals surface area contributed by atoms with E-state index in [1.54, 1.807) is 7.05 Å². The molecular formula is C9H18F2N2O2. The van der Waals surface area contributed by atoms with Crippen molar-refractivity contribution < 1.29 is 18.7 Å². The van der Waals surface area contributed by atoms with Crippen LogP contribution in [0.1, 0.15) is 12.8 Å². The van der Waals surface area contributed by atoms with Crippen LogP contribution in [0.3, 0.4) is 0 Å². The van der Waals surface area contributed by atoms with E-state index in [1.165, 1.54) is 0 Å². The maximum Gasteiger partial charge on any atom is 0.255 e. The molecule has 4 nitrogen and oxygen atoms in total. The molecule has 0 fully saturated rings. The molecule has 15 heavy (non-hydrogen) atoms. The van der Waals surface area contributed by atoms with Crippen molar-refractivity contribution in [1.82, 2.24) is 10.2 Å². The van der Waals surface area contributed by atoms with Gasteiger partial charge in [-0.25, -0.2) is 8.78 Å². The van der Waals surface area contributed by atoms with Crippen LogP contribution >= 0.6 is 0 Å². The number of carbonyl (C=O) groups excluding carboxylic acids is 1. The summed E-state index contributed by atoms with van der Waals surface area (Å²) in [5, 5.41) is 11.5. The van der Waals surface area contributed by atoms with Gasteiger partial charge in [0.2, 0.25) is 5.91 Å². The summed E-state index contributed by atoms with van der Waals surface area (Å²) >= 11 is 0. The SMILES string of the molecule is CNCCCC(=O)N(CCO)CC(F)F. The summed E-state index contributed by atoms with van der Waals surface area (Å²) in [6, 6.07) is 0. The third-order valence-electron chi connectivity index (χ3n) is 1.90. The van der Waals surface area contributed by atoms with E-state index in [2.05, 4.69) is 5.32 Å². The fourth-order valence-electron chi connectivity index (χ4n) is 1.18. The molecule has 0 spiro atoms. The minimum absolute atomic E-state index is 0.0251. The molecule has 2 N–H and O–H groups in total. The van der Waals surface area contributed by atoms with Gasteiger partial charge in [0, 0.05) is 13.0 Å². The Morgan fingerprint density at radius 2 is 2.20 bits per heavy atom. The number of nitrogens with zero attached hydrogens (tertiary/aromatic N) is 1. The first-order valence-electron chi connectivity index (χ1n) is 4.93. The summed E-state index contributed by atoms with van der Waals surface area (Å²) in [5.41, 5.74) is 0. The molecule has 0 heterocycles. The second kappa shape index (κ2) is 8.55. The normalized spacial score (nSPS) is 10.7. The van der Waals surface area contributed by atoms with Gasteiger partial charge in [-0.15, -0.1) is 0 Å². The Balaban J connectivity index is 3.92. The fourth-order valence-corrected chi connectivity index (χ4v) is 1.18. The van der Waals surface area contributed by atoms with Crippen LogP contribution in [-0.4, -0.2) is 55.6 Å². The van der Waals surface area contributed by atoms with Crippen molar-refractivity contribution in [2.24, 2.45) is 0 Å². The highest BCUT2D eigenvalue weighted by atomic mass is 19.3. The molecule has 0 aromatic carbocycles. The molecule has 0 aromatic heterocycles. The van der Waals surface area contributed by atoms with Crippen molar-refractivity contribution in [2.45, 2.75) is 19.3 Å². The van der Waals surface area contributed by atoms with Gasteiger partial charge in [0.1, 0.15) is 0 Å². The van der Waals surface area contributed by atoms with Crippen LogP contribution in [0.2, 0.25) is 0 Å². The van der Waals surface area contributed by atoms with E-state index in [4.69, 9.17) is 5.11 Å². The highest BCUT2D eigenvalue weighted by Crippen LogP contribution is 2.02. The lowest BCUT2D eigenvalue weighted by Gasteiger charge is -2.21. The molecule has 0 atom stereocenters. The van der Waals surface area contributed by atoms with Crippen molar-refractivity contribution in [2.75, 3.05) is 33.3 Å². The van der Waals surface area contributed by atoms with E-state index >= 15 is 0 Å². The van der Waals surface area contributed by atoms with Gasteiger partial charge in [0.05, 0.1) is 13.2 Å². The van der Waals surface area contributed by atoms with Gasteiger partial charge >= 0.3 is 0 Å². The number of rotatable bonds is 8. The largest absolute Gasteiger partial charge is 0.395 e. The van der Waals surface area contributed by atoms with Gasteiger partial charge in [-0.05, 0) is 20.0 Å². The predicted molar refractivity (Wildman–Crippen MR) is 52.8 cm³/mol. The number of aliphatic hydroxyl groups excluding tert-OH is 1. The second-order valence-electron chi connectivity index (χ2n) is 3.16. The monoisotopic (exact) mass is 224 g/mol. The Hall–Kier alpha value is -0.750. The first-order chi connectivity index (χ1) is 7.11. The molecule has 0 radical (unpaired) electrons. The van der Waals surface area contributed by atoms with Crippen molar-refractivity contribution in [3.8, 4) is 0 Å². The van der Waals surface area contributed by atoms with Crippen LogP contribution in [0.5, 0.6) is 0 Å². The number of aliphatic hydroxyl groups is 1. The third kappa shape index (κ3) is 7.21. The lowest BCUT2D eigenvalue weighted by molar-refractivity contribution is -0.133. The zero-order valence-electron chi connectivity index (χ0n) is 8.88. The van der Waals surface area contributed by atoms with E-state index < -0.39 is 13.0 Å². The zero-order valence-corrected chi connectivity index (χ0v) is 8.88. The van der Waals surface area contributed by atoms with Crippen LogP contribution in [0.25, 0.3) is 0 Å². The van der Waals surface area contributed by atoms with E-state index in [0.29, 0.717) is 13.0 Å². The molecule has 0 unspecified atom stereocenters. The molecule has 0 saturated heterocycles. The zero-order chi connectivity index (χ0) is 11.7. The first kappa shape index (κ1) is 14.2. The summed E-state index contributed by atoms with van der Waals surface area (Å²) in [6.45, 7) is -0.237. The van der Waals surface area contributed by atoms with Gasteiger partial charge in [-0.2, -0.15) is 0 Å². The molecule has 0 rings (SSSR count). The summed E-state index contributed by atoms with van der Waals surface area (Å²) in [6.07, 6.45) is -1.71. The van der Waals surface area contributed by atoms with Crippen molar-refractivity contribution in [3.05, 3.63) is 0 Å². The highest BCUT2D eigenvalue weighted by molar-refractivity contribution is 5.76. The number of halogens is 2. The summed E-state index contributed by atoms with van der Waals surface area (Å²) in [5.74, 6) is -0.334. The Bertz CT molecular complexity index is 179. The average molecular weight is 224 g/mol. The Labute approximate surface area is 88.3 Å². The number of carbonyl (C=O) groups is 1. The molecule has 0 aliphatic heterocycles. The lowest BCUT2D eigenvalue weighted by atomic mass is 10.2. The summed E-state index contributed by atoms with van der Waals surface area (Å²) < 4.78 is 24.1. The van der Waals surface area contributed by atoms with E-state index in [9.17, 15) is 13.6 Å². The topological polar surface area (TPSA) is 52.6 Å². The Kier molecular flexibility index (Phi) is 8.12. The number of hydrogen-bond acceptors (Lipinski definition) is 3. The molecule has 0 aromatic rings. The maximum atomic E-state index is 12.1. The van der Waals surface area contributed by atoms with Crippen LogP contribution in [0.15, 0.2) is 0 Å². The lowest BCUT2D eigenvalue weighted by Crippen LogP contribution is -2.37. The molecule has 0 aliphatic rings. The van der Waals surface area contributed by atoms with Crippen LogP contribution < -0.4 is 5.32 Å². The quantitative estimate of drug-likeness (QED) is 0.574. The number of hydrogen-bond donors (Lipinski definition) is 2. The number of amides is 1. The van der Waals surface area contributed by atoms with Gasteiger partial charge in [0.25, 0.3) is 6.43 Å². The molecule has 6 heteroatoms. The average Bonchev–Trinajstić information content (AvgIpc) is 2.17. The smallest absolute Gasteiger partial charge is 0.255 e. The third-order valence-corrected chi connectivity index (χ3v) is 1.90. The standard InChI is InChI=1S/C9H18F2N2O2/c1-12-4-2-3-9(15)13(5-6-14)7-8(10)11/h8,12,14H,2-7H2,1H3. The maximum absolute atomic E-state index is 12.1. The number of nitrogens with one attached hydrogen (secondary N) is 1. The molecule has 1 amide bonds. The Morgan fingerprint density at radius 1 is 1.53 bits per heavy atom. The van der Waals surface area contributed by atoms with Gasteiger partial charge in [0.15, 0.2) is 0 Å². The second-order valence-corrected chi connectivity index (χ2v) is 3.16. The minimum atomic E-state index is -2.55. The van der Waals surface area contributed by atoms with Crippen LogP contribution in [0.4, 0.5) is 8.78 Å². The fraction of sp³-hybridized carbons (Fsp3) is 0.889. The highest BCUT2D eigenvalue weighted by Gasteiger charge is 2.16. The van der Waals surface area contributed by atoms with Crippen molar-refractivity contribution >= 4 is 5.91 Å². The van der Waals surface area contributed by atoms with Gasteiger partial charge in [-0.3, -0.25) is 4.79 Å².